The molecule has 1 aliphatic heterocycles. The van der Waals surface area contributed by atoms with Crippen LogP contribution in [0.15, 0.2) is 48.5 Å². The number of likely N-dealkylation sites (tertiary alicyclic amines) is 1. The van der Waals surface area contributed by atoms with Crippen LogP contribution in [0.3, 0.4) is 0 Å². The van der Waals surface area contributed by atoms with E-state index >= 15 is 0 Å². The number of aliphatic carboxylic acids is 1. The second kappa shape index (κ2) is 9.56. The number of rotatable bonds is 9. The molecule has 0 saturated carbocycles. The van der Waals surface area contributed by atoms with E-state index in [2.05, 4.69) is 36.1 Å². The summed E-state index contributed by atoms with van der Waals surface area (Å²) in [5.74, 6) is 0.0368. The van der Waals surface area contributed by atoms with Crippen LogP contribution < -0.4 is 4.74 Å². The summed E-state index contributed by atoms with van der Waals surface area (Å²) < 4.78 is 5.85. The number of nitrogens with zero attached hydrogens (tertiary/aromatic N) is 1. The van der Waals surface area contributed by atoms with Crippen molar-refractivity contribution in [3.05, 3.63) is 65.2 Å². The Labute approximate surface area is 161 Å². The van der Waals surface area contributed by atoms with Crippen molar-refractivity contribution >= 4 is 5.97 Å². The Kier molecular flexibility index (Phi) is 6.88. The minimum absolute atomic E-state index is 0.156. The molecule has 0 aliphatic carbocycles. The molecule has 0 amide bonds. The lowest BCUT2D eigenvalue weighted by atomic mass is 10.1. The first-order valence-electron chi connectivity index (χ1n) is 9.89. The summed E-state index contributed by atoms with van der Waals surface area (Å²) in [7, 11) is 0. The molecule has 27 heavy (non-hydrogen) atoms. The van der Waals surface area contributed by atoms with Gasteiger partial charge in [0.25, 0.3) is 0 Å². The molecule has 1 heterocycles. The van der Waals surface area contributed by atoms with Crippen molar-refractivity contribution in [3.63, 3.8) is 0 Å². The van der Waals surface area contributed by atoms with E-state index in [0.717, 1.165) is 29.5 Å². The molecule has 1 fully saturated rings. The minimum atomic E-state index is -0.770. The zero-order chi connectivity index (χ0) is 19.1. The lowest BCUT2D eigenvalue weighted by Crippen LogP contribution is -2.28. The maximum atomic E-state index is 10.6. The monoisotopic (exact) mass is 367 g/mol. The molecule has 1 unspecified atom stereocenters. The van der Waals surface area contributed by atoms with Gasteiger partial charge in [-0.15, -0.1) is 0 Å². The Balaban J connectivity index is 1.47. The van der Waals surface area contributed by atoms with Gasteiger partial charge in [0.15, 0.2) is 0 Å². The van der Waals surface area contributed by atoms with E-state index in [9.17, 15) is 4.79 Å². The summed E-state index contributed by atoms with van der Waals surface area (Å²) in [5.41, 5.74) is 3.53. The average molecular weight is 367 g/mol. The number of hydrogen-bond donors (Lipinski definition) is 1. The van der Waals surface area contributed by atoms with Gasteiger partial charge in [0, 0.05) is 19.0 Å². The molecule has 1 N–H and O–H groups in total. The maximum absolute atomic E-state index is 10.6. The van der Waals surface area contributed by atoms with Crippen molar-refractivity contribution < 1.29 is 14.6 Å². The summed E-state index contributed by atoms with van der Waals surface area (Å²) in [4.78, 5) is 13.2. The summed E-state index contributed by atoms with van der Waals surface area (Å²) in [5, 5.41) is 8.74. The molecule has 4 heteroatoms. The van der Waals surface area contributed by atoms with E-state index in [1.807, 2.05) is 24.3 Å². The van der Waals surface area contributed by atoms with Crippen molar-refractivity contribution in [2.24, 2.45) is 0 Å². The van der Waals surface area contributed by atoms with E-state index in [1.165, 1.54) is 31.4 Å². The Morgan fingerprint density at radius 1 is 1.07 bits per heavy atom. The predicted octanol–water partition coefficient (Wildman–Crippen LogP) is 4.66. The average Bonchev–Trinajstić information content (AvgIpc) is 3.13. The zero-order valence-corrected chi connectivity index (χ0v) is 16.1. The van der Waals surface area contributed by atoms with E-state index in [1.54, 1.807) is 0 Å². The topological polar surface area (TPSA) is 49.8 Å². The van der Waals surface area contributed by atoms with Crippen LogP contribution in [0.2, 0.25) is 0 Å². The fraction of sp³-hybridized carbons (Fsp3) is 0.435. The van der Waals surface area contributed by atoms with Crippen LogP contribution in [0.5, 0.6) is 5.75 Å². The molecule has 1 atom stereocenters. The molecule has 3 rings (SSSR count). The normalized spacial score (nSPS) is 17.1. The lowest BCUT2D eigenvalue weighted by Gasteiger charge is -2.23. The van der Waals surface area contributed by atoms with Gasteiger partial charge in [-0.1, -0.05) is 43.3 Å². The van der Waals surface area contributed by atoms with Gasteiger partial charge in [-0.05, 0) is 61.1 Å². The van der Waals surface area contributed by atoms with Crippen LogP contribution in [0.25, 0.3) is 0 Å². The Morgan fingerprint density at radius 2 is 1.74 bits per heavy atom. The fourth-order valence-electron chi connectivity index (χ4n) is 3.71. The molecule has 144 valence electrons. The number of aryl methyl sites for hydroxylation is 1. The van der Waals surface area contributed by atoms with Gasteiger partial charge in [-0.2, -0.15) is 0 Å². The van der Waals surface area contributed by atoms with E-state index < -0.39 is 5.97 Å². The summed E-state index contributed by atoms with van der Waals surface area (Å²) in [6.07, 6.45) is 4.59. The van der Waals surface area contributed by atoms with Crippen molar-refractivity contribution in [1.82, 2.24) is 4.90 Å². The highest BCUT2D eigenvalue weighted by molar-refractivity contribution is 5.67. The third-order valence-electron chi connectivity index (χ3n) is 5.34. The first-order valence-corrected chi connectivity index (χ1v) is 9.89. The molecule has 2 aromatic carbocycles. The first kappa shape index (κ1) is 19.4. The molecule has 0 radical (unpaired) electrons. The van der Waals surface area contributed by atoms with E-state index in [4.69, 9.17) is 9.84 Å². The Hall–Kier alpha value is -2.33. The zero-order valence-electron chi connectivity index (χ0n) is 16.1. The largest absolute Gasteiger partial charge is 0.489 e. The molecular weight excluding hydrogens is 338 g/mol. The van der Waals surface area contributed by atoms with Crippen molar-refractivity contribution in [2.75, 3.05) is 6.54 Å². The number of benzene rings is 2. The summed E-state index contributed by atoms with van der Waals surface area (Å²) >= 11 is 0. The van der Waals surface area contributed by atoms with Gasteiger partial charge < -0.3 is 9.84 Å². The highest BCUT2D eigenvalue weighted by Gasteiger charge is 2.22. The van der Waals surface area contributed by atoms with E-state index in [-0.39, 0.29) is 6.42 Å². The van der Waals surface area contributed by atoms with Crippen LogP contribution in [-0.4, -0.2) is 28.6 Å². The standard InChI is InChI=1S/C23H29NO3/c1-2-21-4-3-15-24(21)16-19-5-7-20(8-6-19)17-27-22-12-9-18(10-13-22)11-14-23(25)26/h5-10,12-13,21H,2-4,11,14-17H2,1H3,(H,25,26). The summed E-state index contributed by atoms with van der Waals surface area (Å²) in [6, 6.07) is 17.1. The first-order chi connectivity index (χ1) is 13.1. The summed E-state index contributed by atoms with van der Waals surface area (Å²) in [6.45, 7) is 5.07. The molecule has 1 saturated heterocycles. The third-order valence-corrected chi connectivity index (χ3v) is 5.34. The molecule has 4 nitrogen and oxygen atoms in total. The Morgan fingerprint density at radius 3 is 2.41 bits per heavy atom. The van der Waals surface area contributed by atoms with Gasteiger partial charge in [0.05, 0.1) is 0 Å². The van der Waals surface area contributed by atoms with Crippen LogP contribution in [0.4, 0.5) is 0 Å². The molecule has 0 spiro atoms. The molecule has 0 bridgehead atoms. The van der Waals surface area contributed by atoms with Gasteiger partial charge in [0.2, 0.25) is 0 Å². The second-order valence-corrected chi connectivity index (χ2v) is 7.32. The smallest absolute Gasteiger partial charge is 0.303 e. The van der Waals surface area contributed by atoms with E-state index in [0.29, 0.717) is 13.0 Å². The van der Waals surface area contributed by atoms with Crippen molar-refractivity contribution in [3.8, 4) is 5.75 Å². The number of carbonyl (C=O) groups is 1. The number of hydrogen-bond acceptors (Lipinski definition) is 3. The molecular formula is C23H29NO3. The fourth-order valence-corrected chi connectivity index (χ4v) is 3.71. The quantitative estimate of drug-likeness (QED) is 0.700. The van der Waals surface area contributed by atoms with Gasteiger partial charge >= 0.3 is 5.97 Å². The van der Waals surface area contributed by atoms with Crippen LogP contribution >= 0.6 is 0 Å². The molecule has 1 aliphatic rings. The minimum Gasteiger partial charge on any atom is -0.489 e. The lowest BCUT2D eigenvalue weighted by molar-refractivity contribution is -0.136. The molecule has 2 aromatic rings. The van der Waals surface area contributed by atoms with Gasteiger partial charge in [-0.3, -0.25) is 9.69 Å². The molecule has 0 aromatic heterocycles. The predicted molar refractivity (Wildman–Crippen MR) is 107 cm³/mol. The van der Waals surface area contributed by atoms with Gasteiger partial charge in [0.1, 0.15) is 12.4 Å². The SMILES string of the molecule is CCC1CCCN1Cc1ccc(COc2ccc(CCC(=O)O)cc2)cc1. The van der Waals surface area contributed by atoms with Crippen LogP contribution in [-0.2, 0) is 24.4 Å². The van der Waals surface area contributed by atoms with Crippen LogP contribution in [0, 0.1) is 0 Å². The number of carboxylic acid groups (broad SMARTS) is 1. The maximum Gasteiger partial charge on any atom is 0.303 e. The highest BCUT2D eigenvalue weighted by atomic mass is 16.5. The van der Waals surface area contributed by atoms with Crippen LogP contribution in [0.1, 0.15) is 49.3 Å². The number of carboxylic acids is 1. The van der Waals surface area contributed by atoms with Gasteiger partial charge in [-0.25, -0.2) is 0 Å². The third kappa shape index (κ3) is 5.83. The Bertz CT molecular complexity index is 724. The number of ether oxygens (including phenoxy) is 1. The second-order valence-electron chi connectivity index (χ2n) is 7.32. The van der Waals surface area contributed by atoms with Crippen molar-refractivity contribution in [2.45, 2.75) is 58.2 Å². The van der Waals surface area contributed by atoms with Crippen molar-refractivity contribution in [1.29, 1.82) is 0 Å². The highest BCUT2D eigenvalue weighted by Crippen LogP contribution is 2.22.